The number of carbonyl (C=O) groups excluding carboxylic acids is 1. The van der Waals surface area contributed by atoms with Gasteiger partial charge >= 0.3 is 0 Å². The van der Waals surface area contributed by atoms with Crippen molar-refractivity contribution in [1.82, 2.24) is 5.32 Å². The van der Waals surface area contributed by atoms with E-state index in [2.05, 4.69) is 21.2 Å². The zero-order valence-electron chi connectivity index (χ0n) is 10.4. The fourth-order valence-corrected chi connectivity index (χ4v) is 3.42. The maximum atomic E-state index is 12.0. The third kappa shape index (κ3) is 4.78. The minimum absolute atomic E-state index is 0.0788. The molecule has 1 unspecified atom stereocenters. The summed E-state index contributed by atoms with van der Waals surface area (Å²) in [6, 6.07) is 5.23. The summed E-state index contributed by atoms with van der Waals surface area (Å²) in [6.07, 6.45) is 0.252. The Kier molecular flexibility index (Phi) is 5.81. The quantitative estimate of drug-likeness (QED) is 0.810. The molecule has 6 heteroatoms. The Morgan fingerprint density at radius 2 is 2.17 bits per heavy atom. The predicted molar refractivity (Wildman–Crippen MR) is 77.7 cm³/mol. The van der Waals surface area contributed by atoms with Crippen LogP contribution in [0.1, 0.15) is 20.3 Å². The molecule has 0 fully saturated rings. The Bertz CT molecular complexity index is 463. The number of nitrogens with one attached hydrogen (secondary N) is 1. The summed E-state index contributed by atoms with van der Waals surface area (Å²) in [4.78, 5) is 12.1. The lowest BCUT2D eigenvalue weighted by atomic mass is 10.3. The Morgan fingerprint density at radius 1 is 1.50 bits per heavy atom. The first kappa shape index (κ1) is 15.2. The van der Waals surface area contributed by atoms with E-state index in [9.17, 15) is 9.00 Å². The van der Waals surface area contributed by atoms with Crippen molar-refractivity contribution in [2.75, 3.05) is 11.5 Å². The van der Waals surface area contributed by atoms with Crippen LogP contribution in [0.3, 0.4) is 0 Å². The van der Waals surface area contributed by atoms with Crippen molar-refractivity contribution in [3.63, 3.8) is 0 Å². The van der Waals surface area contributed by atoms with Gasteiger partial charge in [-0.2, -0.15) is 0 Å². The predicted octanol–water partition coefficient (Wildman–Crippen LogP) is 2.05. The highest BCUT2D eigenvalue weighted by Gasteiger charge is 2.11. The van der Waals surface area contributed by atoms with E-state index in [-0.39, 0.29) is 18.4 Å². The summed E-state index contributed by atoms with van der Waals surface area (Å²) in [5.74, 6) is 0.228. The number of rotatable bonds is 5. The molecule has 0 saturated heterocycles. The van der Waals surface area contributed by atoms with Crippen molar-refractivity contribution >= 4 is 38.3 Å². The number of amides is 1. The molecule has 0 bridgehead atoms. The Hall–Kier alpha value is -0.880. The number of nitrogen functional groups attached to an aromatic ring is 1. The molecule has 1 aromatic rings. The Labute approximate surface area is 118 Å². The molecule has 0 aliphatic carbocycles. The SMILES string of the molecule is CC(C)NC(=O)CCS(=O)c1ccc(N)cc1Br. The van der Waals surface area contributed by atoms with Crippen LogP contribution in [-0.4, -0.2) is 21.9 Å². The standard InChI is InChI=1S/C12H17BrN2O2S/c1-8(2)15-12(16)5-6-18(17)11-4-3-9(14)7-10(11)13/h3-4,7-8H,5-6,14H2,1-2H3,(H,15,16). The van der Waals surface area contributed by atoms with Crippen LogP contribution in [0, 0.1) is 0 Å². The number of nitrogens with two attached hydrogens (primary N) is 1. The molecule has 0 saturated carbocycles. The maximum Gasteiger partial charge on any atom is 0.221 e. The van der Waals surface area contributed by atoms with Crippen molar-refractivity contribution in [3.8, 4) is 0 Å². The average Bonchev–Trinajstić information content (AvgIpc) is 2.25. The zero-order chi connectivity index (χ0) is 13.7. The number of carbonyl (C=O) groups is 1. The molecule has 1 rings (SSSR count). The summed E-state index contributed by atoms with van der Waals surface area (Å²) in [5, 5.41) is 2.77. The van der Waals surface area contributed by atoms with E-state index in [1.165, 1.54) is 0 Å². The summed E-state index contributed by atoms with van der Waals surface area (Å²) in [6.45, 7) is 3.79. The minimum Gasteiger partial charge on any atom is -0.399 e. The number of halogens is 1. The van der Waals surface area contributed by atoms with Gasteiger partial charge in [-0.05, 0) is 48.0 Å². The molecule has 4 nitrogen and oxygen atoms in total. The first-order chi connectivity index (χ1) is 8.40. The van der Waals surface area contributed by atoms with Crippen LogP contribution in [0.2, 0.25) is 0 Å². The lowest BCUT2D eigenvalue weighted by Gasteiger charge is -2.09. The lowest BCUT2D eigenvalue weighted by molar-refractivity contribution is -0.121. The maximum absolute atomic E-state index is 12.0. The molecule has 3 N–H and O–H groups in total. The van der Waals surface area contributed by atoms with E-state index in [1.54, 1.807) is 18.2 Å². The van der Waals surface area contributed by atoms with E-state index < -0.39 is 10.8 Å². The van der Waals surface area contributed by atoms with Crippen molar-refractivity contribution in [2.24, 2.45) is 0 Å². The highest BCUT2D eigenvalue weighted by molar-refractivity contribution is 9.10. The fraction of sp³-hybridized carbons (Fsp3) is 0.417. The number of hydrogen-bond donors (Lipinski definition) is 2. The van der Waals surface area contributed by atoms with E-state index in [0.29, 0.717) is 20.8 Å². The molecule has 100 valence electrons. The molecule has 0 radical (unpaired) electrons. The number of hydrogen-bond acceptors (Lipinski definition) is 3. The van der Waals surface area contributed by atoms with Crippen LogP contribution in [0.25, 0.3) is 0 Å². The van der Waals surface area contributed by atoms with Crippen molar-refractivity contribution in [1.29, 1.82) is 0 Å². The highest BCUT2D eigenvalue weighted by atomic mass is 79.9. The van der Waals surface area contributed by atoms with Crippen molar-refractivity contribution in [3.05, 3.63) is 22.7 Å². The number of benzene rings is 1. The summed E-state index contributed by atoms with van der Waals surface area (Å²) < 4.78 is 12.7. The second kappa shape index (κ2) is 6.89. The second-order valence-electron chi connectivity index (χ2n) is 4.21. The molecular formula is C12H17BrN2O2S. The van der Waals surface area contributed by atoms with Gasteiger partial charge in [0.25, 0.3) is 0 Å². The first-order valence-corrected chi connectivity index (χ1v) is 7.74. The van der Waals surface area contributed by atoms with Crippen molar-refractivity contribution in [2.45, 2.75) is 31.2 Å². The molecule has 0 aromatic heterocycles. The van der Waals surface area contributed by atoms with E-state index in [4.69, 9.17) is 5.73 Å². The third-order valence-corrected chi connectivity index (χ3v) is 4.51. The molecule has 1 aromatic carbocycles. The Balaban J connectivity index is 2.58. The van der Waals surface area contributed by atoms with Gasteiger partial charge < -0.3 is 11.1 Å². The molecule has 0 aliphatic heterocycles. The van der Waals surface area contributed by atoms with Crippen LogP contribution < -0.4 is 11.1 Å². The molecule has 0 aliphatic rings. The smallest absolute Gasteiger partial charge is 0.221 e. The van der Waals surface area contributed by atoms with Crippen molar-refractivity contribution < 1.29 is 9.00 Å². The second-order valence-corrected chi connectivity index (χ2v) is 6.61. The number of anilines is 1. The largest absolute Gasteiger partial charge is 0.399 e. The molecular weight excluding hydrogens is 316 g/mol. The summed E-state index contributed by atoms with van der Waals surface area (Å²) in [7, 11) is -1.20. The van der Waals surface area contributed by atoms with Crippen LogP contribution >= 0.6 is 15.9 Å². The highest BCUT2D eigenvalue weighted by Crippen LogP contribution is 2.23. The van der Waals surface area contributed by atoms with E-state index in [1.807, 2.05) is 13.8 Å². The molecule has 0 spiro atoms. The Morgan fingerprint density at radius 3 is 2.72 bits per heavy atom. The fourth-order valence-electron chi connectivity index (χ4n) is 1.39. The monoisotopic (exact) mass is 332 g/mol. The van der Waals surface area contributed by atoms with Crippen LogP contribution in [0.4, 0.5) is 5.69 Å². The van der Waals surface area contributed by atoms with Gasteiger partial charge in [-0.25, -0.2) is 0 Å². The third-order valence-electron chi connectivity index (χ3n) is 2.17. The van der Waals surface area contributed by atoms with Gasteiger partial charge in [-0.3, -0.25) is 9.00 Å². The summed E-state index contributed by atoms with van der Waals surface area (Å²) in [5.41, 5.74) is 6.22. The van der Waals surface area contributed by atoms with Crippen LogP contribution in [-0.2, 0) is 15.6 Å². The van der Waals surface area contributed by atoms with Gasteiger partial charge in [0.15, 0.2) is 0 Å². The minimum atomic E-state index is -1.20. The first-order valence-electron chi connectivity index (χ1n) is 5.63. The van der Waals surface area contributed by atoms with Gasteiger partial charge in [-0.1, -0.05) is 0 Å². The molecule has 18 heavy (non-hydrogen) atoms. The van der Waals surface area contributed by atoms with Gasteiger partial charge in [0.05, 0.1) is 15.7 Å². The van der Waals surface area contributed by atoms with Crippen LogP contribution in [0.15, 0.2) is 27.6 Å². The molecule has 0 heterocycles. The van der Waals surface area contributed by atoms with E-state index >= 15 is 0 Å². The topological polar surface area (TPSA) is 72.2 Å². The average molecular weight is 333 g/mol. The lowest BCUT2D eigenvalue weighted by Crippen LogP contribution is -2.30. The zero-order valence-corrected chi connectivity index (χ0v) is 12.8. The summed E-state index contributed by atoms with van der Waals surface area (Å²) >= 11 is 3.32. The van der Waals surface area contributed by atoms with Crippen LogP contribution in [0.5, 0.6) is 0 Å². The van der Waals surface area contributed by atoms with E-state index in [0.717, 1.165) is 0 Å². The van der Waals surface area contributed by atoms with Gasteiger partial charge in [0.2, 0.25) is 5.91 Å². The molecule has 1 amide bonds. The van der Waals surface area contributed by atoms with Gasteiger partial charge in [0, 0.05) is 28.4 Å². The van der Waals surface area contributed by atoms with Gasteiger partial charge in [0.1, 0.15) is 0 Å². The normalized spacial score (nSPS) is 12.4. The van der Waals surface area contributed by atoms with Gasteiger partial charge in [-0.15, -0.1) is 0 Å². The molecule has 1 atom stereocenters.